The van der Waals surface area contributed by atoms with Crippen molar-refractivity contribution >= 4 is 52.0 Å². The molecule has 3 aromatic rings. The second-order valence-corrected chi connectivity index (χ2v) is 7.97. The average Bonchev–Trinajstić information content (AvgIpc) is 3.11. The van der Waals surface area contributed by atoms with Gasteiger partial charge in [-0.3, -0.25) is 0 Å². The third kappa shape index (κ3) is 3.14. The van der Waals surface area contributed by atoms with Gasteiger partial charge >= 0.3 is 5.97 Å². The number of hydrogen-bond acceptors (Lipinski definition) is 6. The smallest absolute Gasteiger partial charge is 0.346 e. The van der Waals surface area contributed by atoms with Crippen molar-refractivity contribution in [2.75, 3.05) is 6.26 Å². The van der Waals surface area contributed by atoms with Gasteiger partial charge in [0.2, 0.25) is 0 Å². The van der Waals surface area contributed by atoms with Crippen LogP contribution in [-0.2, 0) is 0 Å². The molecule has 3 aromatic heterocycles. The van der Waals surface area contributed by atoms with E-state index in [0.29, 0.717) is 10.0 Å². The Bertz CT molecular complexity index is 889. The lowest BCUT2D eigenvalue weighted by Gasteiger charge is -2.00. The van der Waals surface area contributed by atoms with Crippen LogP contribution in [0, 0.1) is 6.92 Å². The van der Waals surface area contributed by atoms with Gasteiger partial charge in [-0.2, -0.15) is 0 Å². The van der Waals surface area contributed by atoms with Gasteiger partial charge in [-0.25, -0.2) is 14.8 Å². The first kappa shape index (κ1) is 16.4. The van der Waals surface area contributed by atoms with E-state index in [1.54, 1.807) is 24.0 Å². The summed E-state index contributed by atoms with van der Waals surface area (Å²) in [5.74, 6) is -0.897. The zero-order valence-corrected chi connectivity index (χ0v) is 15.4. The van der Waals surface area contributed by atoms with Gasteiger partial charge in [0.05, 0.1) is 9.90 Å². The number of carbonyl (C=O) groups is 1. The highest BCUT2D eigenvalue weighted by atomic mass is 35.5. The first-order valence-corrected chi connectivity index (χ1v) is 9.79. The van der Waals surface area contributed by atoms with Gasteiger partial charge in [0.15, 0.2) is 0 Å². The Hall–Kier alpha value is -1.41. The zero-order chi connectivity index (χ0) is 16.6. The van der Waals surface area contributed by atoms with E-state index in [4.69, 9.17) is 11.6 Å². The molecular weight excluding hydrogens is 372 g/mol. The molecule has 0 amide bonds. The normalized spacial score (nSPS) is 10.9. The average molecular weight is 383 g/mol. The van der Waals surface area contributed by atoms with Crippen LogP contribution in [-0.4, -0.2) is 27.3 Å². The molecule has 0 aliphatic carbocycles. The number of carboxylic acid groups (broad SMARTS) is 1. The van der Waals surface area contributed by atoms with Crippen LogP contribution in [0.3, 0.4) is 0 Å². The van der Waals surface area contributed by atoms with Gasteiger partial charge in [0, 0.05) is 22.7 Å². The maximum atomic E-state index is 11.4. The second-order valence-electron chi connectivity index (χ2n) is 4.63. The van der Waals surface area contributed by atoms with Crippen LogP contribution in [0.25, 0.3) is 21.8 Å². The Kier molecular flexibility index (Phi) is 4.72. The van der Waals surface area contributed by atoms with Crippen molar-refractivity contribution < 1.29 is 9.90 Å². The number of carboxylic acids is 1. The molecule has 0 unspecified atom stereocenters. The van der Waals surface area contributed by atoms with Crippen molar-refractivity contribution in [3.05, 3.63) is 39.3 Å². The van der Waals surface area contributed by atoms with Crippen molar-refractivity contribution in [3.63, 3.8) is 0 Å². The molecule has 3 rings (SSSR count). The van der Waals surface area contributed by atoms with E-state index in [2.05, 4.69) is 9.97 Å². The number of thiophene rings is 1. The third-order valence-corrected chi connectivity index (χ3v) is 6.70. The second kappa shape index (κ2) is 6.60. The Morgan fingerprint density at radius 2 is 2.22 bits per heavy atom. The molecule has 0 saturated carbocycles. The number of nitrogens with zero attached hydrogens (tertiary/aromatic N) is 2. The number of halogens is 1. The number of thioether (sulfide) groups is 1. The van der Waals surface area contributed by atoms with Crippen molar-refractivity contribution in [2.45, 2.75) is 11.1 Å². The van der Waals surface area contributed by atoms with Crippen LogP contribution in [0.4, 0.5) is 0 Å². The maximum absolute atomic E-state index is 11.4. The molecule has 1 N–H and O–H groups in total. The van der Waals surface area contributed by atoms with Crippen LogP contribution in [0.1, 0.15) is 15.2 Å². The van der Waals surface area contributed by atoms with Crippen molar-refractivity contribution in [1.82, 2.24) is 9.97 Å². The monoisotopic (exact) mass is 382 g/mol. The molecule has 0 aliphatic heterocycles. The van der Waals surface area contributed by atoms with E-state index in [1.807, 2.05) is 24.6 Å². The lowest BCUT2D eigenvalue weighted by molar-refractivity contribution is 0.0701. The molecule has 0 fully saturated rings. The molecule has 0 aromatic carbocycles. The van der Waals surface area contributed by atoms with Gasteiger partial charge in [0.1, 0.15) is 15.0 Å². The van der Waals surface area contributed by atoms with Crippen LogP contribution < -0.4 is 0 Å². The quantitative estimate of drug-likeness (QED) is 0.489. The van der Waals surface area contributed by atoms with Gasteiger partial charge in [-0.1, -0.05) is 11.6 Å². The fraction of sp³-hybridized carbons (Fsp3) is 0.133. The summed E-state index contributed by atoms with van der Waals surface area (Å²) in [6.45, 7) is 1.83. The Labute approximate surface area is 150 Å². The minimum Gasteiger partial charge on any atom is -0.477 e. The summed E-state index contributed by atoms with van der Waals surface area (Å²) in [7, 11) is 0. The molecule has 0 aliphatic rings. The summed E-state index contributed by atoms with van der Waals surface area (Å²) in [5, 5.41) is 12.5. The van der Waals surface area contributed by atoms with Crippen LogP contribution in [0.2, 0.25) is 5.15 Å². The number of pyridine rings is 1. The van der Waals surface area contributed by atoms with Crippen molar-refractivity contribution in [3.8, 4) is 21.8 Å². The molecule has 23 heavy (non-hydrogen) atoms. The SMILES string of the molecule is CSc1sc(C(=O)O)c(C)c1-c1nc(-c2ccnc(Cl)c2)cs1. The molecule has 3 heterocycles. The lowest BCUT2D eigenvalue weighted by Crippen LogP contribution is -1.94. The molecule has 0 bridgehead atoms. The largest absolute Gasteiger partial charge is 0.477 e. The third-order valence-electron chi connectivity index (χ3n) is 3.23. The molecule has 0 atom stereocenters. The minimum atomic E-state index is -0.897. The van der Waals surface area contributed by atoms with E-state index in [1.165, 1.54) is 22.7 Å². The van der Waals surface area contributed by atoms with E-state index in [9.17, 15) is 9.90 Å². The molecule has 0 spiro atoms. The van der Waals surface area contributed by atoms with E-state index in [-0.39, 0.29) is 0 Å². The standard InChI is InChI=1S/C15H11ClN2O2S3/c1-7-11(15(21-2)23-12(7)14(19)20)13-18-9(6-22-13)8-3-4-17-10(16)5-8/h3-6H,1-2H3,(H,19,20). The van der Waals surface area contributed by atoms with E-state index < -0.39 is 5.97 Å². The maximum Gasteiger partial charge on any atom is 0.346 e. The van der Waals surface area contributed by atoms with E-state index in [0.717, 1.165) is 31.6 Å². The van der Waals surface area contributed by atoms with Crippen LogP contribution in [0.5, 0.6) is 0 Å². The summed E-state index contributed by atoms with van der Waals surface area (Å²) >= 11 is 10.3. The Morgan fingerprint density at radius 1 is 1.43 bits per heavy atom. The number of rotatable bonds is 4. The Balaban J connectivity index is 2.09. The summed E-state index contributed by atoms with van der Waals surface area (Å²) in [5.41, 5.74) is 3.38. The highest BCUT2D eigenvalue weighted by molar-refractivity contribution is 8.00. The van der Waals surface area contributed by atoms with Gasteiger partial charge < -0.3 is 5.11 Å². The Morgan fingerprint density at radius 3 is 2.87 bits per heavy atom. The minimum absolute atomic E-state index is 0.369. The molecule has 8 heteroatoms. The van der Waals surface area contributed by atoms with Crippen molar-refractivity contribution in [1.29, 1.82) is 0 Å². The van der Waals surface area contributed by atoms with Crippen molar-refractivity contribution in [2.24, 2.45) is 0 Å². The fourth-order valence-corrected chi connectivity index (χ4v) is 5.32. The molecule has 0 saturated heterocycles. The topological polar surface area (TPSA) is 63.1 Å². The number of hydrogen-bond donors (Lipinski definition) is 1. The number of thiazole rings is 1. The fourth-order valence-electron chi connectivity index (χ4n) is 2.17. The molecule has 0 radical (unpaired) electrons. The highest BCUT2D eigenvalue weighted by Crippen LogP contribution is 2.43. The number of aromatic nitrogens is 2. The summed E-state index contributed by atoms with van der Waals surface area (Å²) in [6, 6.07) is 3.61. The first-order chi connectivity index (χ1) is 11.0. The summed E-state index contributed by atoms with van der Waals surface area (Å²) < 4.78 is 0.966. The van der Waals surface area contributed by atoms with Crippen LogP contribution in [0.15, 0.2) is 27.9 Å². The summed E-state index contributed by atoms with van der Waals surface area (Å²) in [6.07, 6.45) is 3.58. The summed E-state index contributed by atoms with van der Waals surface area (Å²) in [4.78, 5) is 20.4. The van der Waals surface area contributed by atoms with Crippen LogP contribution >= 0.6 is 46.0 Å². The highest BCUT2D eigenvalue weighted by Gasteiger charge is 2.22. The van der Waals surface area contributed by atoms with Gasteiger partial charge in [0.25, 0.3) is 0 Å². The molecule has 118 valence electrons. The predicted octanol–water partition coefficient (Wildman–Crippen LogP) is 5.32. The first-order valence-electron chi connectivity index (χ1n) is 6.49. The zero-order valence-electron chi connectivity index (χ0n) is 12.2. The predicted molar refractivity (Wildman–Crippen MR) is 97.1 cm³/mol. The molecule has 4 nitrogen and oxygen atoms in total. The van der Waals surface area contributed by atoms with Gasteiger partial charge in [-0.15, -0.1) is 34.4 Å². The van der Waals surface area contributed by atoms with Gasteiger partial charge in [-0.05, 0) is 30.9 Å². The van der Waals surface area contributed by atoms with E-state index >= 15 is 0 Å². The lowest BCUT2D eigenvalue weighted by atomic mass is 10.2. The number of aromatic carboxylic acids is 1. The molecular formula is C15H11ClN2O2S3.